The zero-order valence-electron chi connectivity index (χ0n) is 14.5. The van der Waals surface area contributed by atoms with E-state index in [2.05, 4.69) is 15.6 Å². The predicted octanol–water partition coefficient (Wildman–Crippen LogP) is -0.523. The third-order valence-corrected chi connectivity index (χ3v) is 3.70. The minimum absolute atomic E-state index is 0.0673. The van der Waals surface area contributed by atoms with E-state index in [9.17, 15) is 19.5 Å². The lowest BCUT2D eigenvalue weighted by Crippen LogP contribution is -2.51. The molecular formula is C14H27N5O5S. The van der Waals surface area contributed by atoms with Gasteiger partial charge in [-0.25, -0.2) is 9.59 Å². The van der Waals surface area contributed by atoms with Crippen LogP contribution in [0.3, 0.4) is 0 Å². The summed E-state index contributed by atoms with van der Waals surface area (Å²) in [5, 5.41) is 14.1. The second-order valence-electron chi connectivity index (χ2n) is 5.05. The van der Waals surface area contributed by atoms with Gasteiger partial charge in [-0.2, -0.15) is 11.8 Å². The second-order valence-corrected chi connectivity index (χ2v) is 6.03. The highest BCUT2D eigenvalue weighted by Gasteiger charge is 2.26. The van der Waals surface area contributed by atoms with Crippen molar-refractivity contribution in [3.63, 3.8) is 0 Å². The van der Waals surface area contributed by atoms with E-state index in [1.165, 1.54) is 11.8 Å². The number of hydrogen-bond acceptors (Lipinski definition) is 6. The molecule has 0 aromatic rings. The van der Waals surface area contributed by atoms with E-state index < -0.39 is 30.1 Å². The van der Waals surface area contributed by atoms with E-state index in [1.54, 1.807) is 6.92 Å². The zero-order valence-corrected chi connectivity index (χ0v) is 15.3. The maximum absolute atomic E-state index is 12.4. The van der Waals surface area contributed by atoms with Gasteiger partial charge in [-0.3, -0.25) is 9.79 Å². The van der Waals surface area contributed by atoms with Crippen LogP contribution in [0.25, 0.3) is 0 Å². The molecule has 0 radical (unpaired) electrons. The number of hydrogen-bond donors (Lipinski definition) is 5. The Labute approximate surface area is 151 Å². The molecule has 7 N–H and O–H groups in total. The predicted molar refractivity (Wildman–Crippen MR) is 96.4 cm³/mol. The van der Waals surface area contributed by atoms with Crippen molar-refractivity contribution in [1.82, 2.24) is 10.6 Å². The van der Waals surface area contributed by atoms with Crippen LogP contribution < -0.4 is 22.1 Å². The minimum atomic E-state index is -1.13. The molecule has 0 heterocycles. The lowest BCUT2D eigenvalue weighted by atomic mass is 10.1. The molecule has 0 bridgehead atoms. The van der Waals surface area contributed by atoms with Gasteiger partial charge < -0.3 is 31.9 Å². The molecule has 0 saturated carbocycles. The molecule has 0 aliphatic carbocycles. The van der Waals surface area contributed by atoms with Gasteiger partial charge in [0.1, 0.15) is 12.1 Å². The number of aliphatic carboxylic acids is 1. The Kier molecular flexibility index (Phi) is 12.0. The number of thioether (sulfide) groups is 1. The van der Waals surface area contributed by atoms with Crippen LogP contribution in [0, 0.1) is 0 Å². The number of alkyl carbamates (subject to hydrolysis) is 1. The molecule has 0 fully saturated rings. The van der Waals surface area contributed by atoms with Crippen molar-refractivity contribution in [2.45, 2.75) is 38.3 Å². The molecule has 0 aromatic carbocycles. The number of carbonyl (C=O) groups excluding carboxylic acids is 2. The van der Waals surface area contributed by atoms with Crippen molar-refractivity contribution in [3.8, 4) is 0 Å². The summed E-state index contributed by atoms with van der Waals surface area (Å²) in [7, 11) is 0. The molecule has 11 heteroatoms. The van der Waals surface area contributed by atoms with Crippen molar-refractivity contribution in [2.24, 2.45) is 16.5 Å². The second kappa shape index (κ2) is 13.2. The van der Waals surface area contributed by atoms with Gasteiger partial charge in [-0.1, -0.05) is 0 Å². The highest BCUT2D eigenvalue weighted by molar-refractivity contribution is 7.98. The Hall–Kier alpha value is -2.17. The summed E-state index contributed by atoms with van der Waals surface area (Å²) in [5.74, 6) is -1.20. The van der Waals surface area contributed by atoms with Crippen LogP contribution in [-0.4, -0.2) is 66.3 Å². The van der Waals surface area contributed by atoms with Gasteiger partial charge in [0, 0.05) is 6.54 Å². The summed E-state index contributed by atoms with van der Waals surface area (Å²) < 4.78 is 4.77. The maximum atomic E-state index is 12.4. The number of guanidine groups is 1. The third-order valence-electron chi connectivity index (χ3n) is 3.05. The summed E-state index contributed by atoms with van der Waals surface area (Å²) in [4.78, 5) is 39.0. The average Bonchev–Trinajstić information content (AvgIpc) is 2.53. The smallest absolute Gasteiger partial charge is 0.407 e. The van der Waals surface area contributed by atoms with E-state index >= 15 is 0 Å². The van der Waals surface area contributed by atoms with Crippen molar-refractivity contribution in [1.29, 1.82) is 0 Å². The highest BCUT2D eigenvalue weighted by atomic mass is 32.2. The van der Waals surface area contributed by atoms with Gasteiger partial charge in [-0.05, 0) is 38.2 Å². The van der Waals surface area contributed by atoms with Crippen LogP contribution in [0.5, 0.6) is 0 Å². The molecule has 0 aromatic heterocycles. The Balaban J connectivity index is 4.83. The third kappa shape index (κ3) is 11.1. The molecule has 2 atom stereocenters. The van der Waals surface area contributed by atoms with E-state index in [0.29, 0.717) is 12.2 Å². The molecule has 0 spiro atoms. The molecular weight excluding hydrogens is 350 g/mol. The number of carboxylic acids is 1. The maximum Gasteiger partial charge on any atom is 0.407 e. The first-order chi connectivity index (χ1) is 11.8. The summed E-state index contributed by atoms with van der Waals surface area (Å²) in [6.45, 7) is 2.07. The van der Waals surface area contributed by atoms with Crippen LogP contribution in [0.2, 0.25) is 0 Å². The lowest BCUT2D eigenvalue weighted by molar-refractivity contribution is -0.142. The molecule has 144 valence electrons. The monoisotopic (exact) mass is 377 g/mol. The fraction of sp³-hybridized carbons (Fsp3) is 0.714. The molecule has 0 aliphatic rings. The minimum Gasteiger partial charge on any atom is -0.480 e. The number of nitrogens with zero attached hydrogens (tertiary/aromatic N) is 1. The fourth-order valence-electron chi connectivity index (χ4n) is 1.85. The average molecular weight is 377 g/mol. The number of rotatable bonds is 12. The molecule has 2 amide bonds. The van der Waals surface area contributed by atoms with E-state index in [4.69, 9.17) is 16.2 Å². The number of nitrogens with two attached hydrogens (primary N) is 2. The Morgan fingerprint density at radius 1 is 1.20 bits per heavy atom. The Morgan fingerprint density at radius 3 is 2.40 bits per heavy atom. The van der Waals surface area contributed by atoms with E-state index in [1.807, 2.05) is 6.26 Å². The number of carboxylic acid groups (broad SMARTS) is 1. The van der Waals surface area contributed by atoms with E-state index in [0.717, 1.165) is 0 Å². The van der Waals surface area contributed by atoms with Gasteiger partial charge >= 0.3 is 12.1 Å². The number of aliphatic imine (C=N–C) groups is 1. The van der Waals surface area contributed by atoms with Crippen LogP contribution in [0.15, 0.2) is 4.99 Å². The van der Waals surface area contributed by atoms with Gasteiger partial charge in [-0.15, -0.1) is 0 Å². The summed E-state index contributed by atoms with van der Waals surface area (Å²) in [6, 6.07) is -1.96. The summed E-state index contributed by atoms with van der Waals surface area (Å²) in [6.07, 6.45) is 2.03. The van der Waals surface area contributed by atoms with Crippen LogP contribution in [0.1, 0.15) is 26.2 Å². The largest absolute Gasteiger partial charge is 0.480 e. The number of ether oxygens (including phenoxy) is 1. The van der Waals surface area contributed by atoms with E-state index in [-0.39, 0.29) is 32.0 Å². The first-order valence-electron chi connectivity index (χ1n) is 7.82. The number of nitrogens with one attached hydrogen (secondary N) is 2. The normalized spacial score (nSPS) is 12.6. The quantitative estimate of drug-likeness (QED) is 0.172. The Bertz CT molecular complexity index is 471. The first-order valence-corrected chi connectivity index (χ1v) is 9.22. The summed E-state index contributed by atoms with van der Waals surface area (Å²) >= 11 is 1.48. The molecule has 0 saturated heterocycles. The summed E-state index contributed by atoms with van der Waals surface area (Å²) in [5.41, 5.74) is 10.5. The highest BCUT2D eigenvalue weighted by Crippen LogP contribution is 2.04. The standard InChI is InChI=1S/C14H27N5O5S/c1-3-24-14(23)19-9(5-4-7-17-13(15)16)11(20)18-10(12(21)22)6-8-25-2/h9-10H,3-8H2,1-2H3,(H,18,20)(H,19,23)(H,21,22)(H4,15,16,17)/t9-,10-/m0/s1. The van der Waals surface area contributed by atoms with Crippen molar-refractivity contribution < 1.29 is 24.2 Å². The molecule has 10 nitrogen and oxygen atoms in total. The van der Waals surface area contributed by atoms with Crippen molar-refractivity contribution >= 4 is 35.7 Å². The molecule has 0 rings (SSSR count). The zero-order chi connectivity index (χ0) is 19.2. The van der Waals surface area contributed by atoms with Crippen LogP contribution >= 0.6 is 11.8 Å². The van der Waals surface area contributed by atoms with Crippen molar-refractivity contribution in [2.75, 3.05) is 25.2 Å². The number of carbonyl (C=O) groups is 3. The van der Waals surface area contributed by atoms with Crippen LogP contribution in [-0.2, 0) is 14.3 Å². The van der Waals surface area contributed by atoms with Crippen LogP contribution in [0.4, 0.5) is 4.79 Å². The topological polar surface area (TPSA) is 169 Å². The molecule has 0 unspecified atom stereocenters. The Morgan fingerprint density at radius 2 is 1.88 bits per heavy atom. The fourth-order valence-corrected chi connectivity index (χ4v) is 2.32. The van der Waals surface area contributed by atoms with Gasteiger partial charge in [0.05, 0.1) is 6.61 Å². The SMILES string of the molecule is CCOC(=O)N[C@@H](CCCN=C(N)N)C(=O)N[C@@H](CCSC)C(=O)O. The molecule has 25 heavy (non-hydrogen) atoms. The first kappa shape index (κ1) is 22.8. The van der Waals surface area contributed by atoms with Crippen molar-refractivity contribution in [3.05, 3.63) is 0 Å². The van der Waals surface area contributed by atoms with Gasteiger partial charge in [0.2, 0.25) is 5.91 Å². The lowest BCUT2D eigenvalue weighted by Gasteiger charge is -2.21. The van der Waals surface area contributed by atoms with Gasteiger partial charge in [0.15, 0.2) is 5.96 Å². The number of amides is 2. The van der Waals surface area contributed by atoms with Gasteiger partial charge in [0.25, 0.3) is 0 Å². The molecule has 0 aliphatic heterocycles.